The zero-order valence-electron chi connectivity index (χ0n) is 11.0. The van der Waals surface area contributed by atoms with Crippen LogP contribution in [0, 0.1) is 0 Å². The molecule has 1 unspecified atom stereocenters. The summed E-state index contributed by atoms with van der Waals surface area (Å²) in [6, 6.07) is 0.298. The molecular weight excluding hydrogens is 204 g/mol. The van der Waals surface area contributed by atoms with Gasteiger partial charge in [0.05, 0.1) is 0 Å². The van der Waals surface area contributed by atoms with Crippen molar-refractivity contribution >= 4 is 5.84 Å². The molecule has 0 aromatic rings. The molecule has 16 heavy (non-hydrogen) atoms. The smallest absolute Gasteiger partial charge is 0.140 e. The molecule has 3 N–H and O–H groups in total. The van der Waals surface area contributed by atoms with E-state index >= 15 is 0 Å². The van der Waals surface area contributed by atoms with E-state index in [1.807, 2.05) is 0 Å². The van der Waals surface area contributed by atoms with Gasteiger partial charge in [0.25, 0.3) is 0 Å². The Morgan fingerprint density at radius 3 is 2.31 bits per heavy atom. The van der Waals surface area contributed by atoms with Crippen LogP contribution in [-0.2, 0) is 0 Å². The molecule has 96 valence electrons. The van der Waals surface area contributed by atoms with E-state index in [-0.39, 0.29) is 0 Å². The second kappa shape index (κ2) is 8.35. The fourth-order valence-electron chi connectivity index (χ4n) is 1.56. The van der Waals surface area contributed by atoms with Gasteiger partial charge in [-0.15, -0.1) is 0 Å². The van der Waals surface area contributed by atoms with Crippen molar-refractivity contribution < 1.29 is 5.21 Å². The van der Waals surface area contributed by atoms with Crippen molar-refractivity contribution in [1.82, 2.24) is 9.80 Å². The summed E-state index contributed by atoms with van der Waals surface area (Å²) < 4.78 is 0. The van der Waals surface area contributed by atoms with Crippen LogP contribution >= 0.6 is 0 Å². The van der Waals surface area contributed by atoms with E-state index in [1.54, 1.807) is 0 Å². The average Bonchev–Trinajstić information content (AvgIpc) is 2.29. The lowest BCUT2D eigenvalue weighted by Crippen LogP contribution is -2.39. The highest BCUT2D eigenvalue weighted by Gasteiger charge is 2.11. The Hall–Kier alpha value is -0.810. The molecule has 0 aliphatic heterocycles. The van der Waals surface area contributed by atoms with Crippen molar-refractivity contribution in [2.24, 2.45) is 10.9 Å². The maximum Gasteiger partial charge on any atom is 0.140 e. The highest BCUT2D eigenvalue weighted by Crippen LogP contribution is 2.01. The highest BCUT2D eigenvalue weighted by molar-refractivity contribution is 5.80. The standard InChI is InChI=1S/C11H26N4O/c1-5-15(6-2)8-7-14(4)10(3)9-11(12)13-16/h10,16H,5-9H2,1-4H3,(H2,12,13). The summed E-state index contributed by atoms with van der Waals surface area (Å²) in [5, 5.41) is 11.5. The van der Waals surface area contributed by atoms with Crippen LogP contribution in [0.15, 0.2) is 5.16 Å². The van der Waals surface area contributed by atoms with Crippen molar-refractivity contribution in [3.8, 4) is 0 Å². The normalized spacial score (nSPS) is 14.8. The minimum atomic E-state index is 0.294. The molecule has 0 bridgehead atoms. The fraction of sp³-hybridized carbons (Fsp3) is 0.909. The zero-order valence-corrected chi connectivity index (χ0v) is 11.0. The van der Waals surface area contributed by atoms with E-state index < -0.39 is 0 Å². The third kappa shape index (κ3) is 5.92. The summed E-state index contributed by atoms with van der Waals surface area (Å²) in [7, 11) is 2.07. The van der Waals surface area contributed by atoms with E-state index in [0.29, 0.717) is 18.3 Å². The molecule has 0 aliphatic carbocycles. The SMILES string of the molecule is CCN(CC)CCN(C)C(C)CC(N)=NO. The lowest BCUT2D eigenvalue weighted by molar-refractivity contribution is 0.207. The predicted octanol–water partition coefficient (Wildman–Crippen LogP) is 0.785. The third-order valence-corrected chi connectivity index (χ3v) is 3.05. The van der Waals surface area contributed by atoms with Crippen LogP contribution in [0.4, 0.5) is 0 Å². The zero-order chi connectivity index (χ0) is 12.6. The molecule has 0 rings (SSSR count). The van der Waals surface area contributed by atoms with E-state index in [9.17, 15) is 0 Å². The molecule has 1 atom stereocenters. The molecule has 0 spiro atoms. The molecular formula is C11H26N4O. The largest absolute Gasteiger partial charge is 0.409 e. The molecule has 0 aromatic carbocycles. The number of oxime groups is 1. The van der Waals surface area contributed by atoms with Crippen molar-refractivity contribution in [2.45, 2.75) is 33.2 Å². The summed E-state index contributed by atoms with van der Waals surface area (Å²) >= 11 is 0. The van der Waals surface area contributed by atoms with Gasteiger partial charge in [-0.25, -0.2) is 0 Å². The quantitative estimate of drug-likeness (QED) is 0.280. The molecule has 0 fully saturated rings. The second-order valence-corrected chi connectivity index (χ2v) is 4.15. The van der Waals surface area contributed by atoms with Gasteiger partial charge in [-0.1, -0.05) is 19.0 Å². The van der Waals surface area contributed by atoms with Crippen molar-refractivity contribution in [2.75, 3.05) is 33.2 Å². The molecule has 0 saturated heterocycles. The third-order valence-electron chi connectivity index (χ3n) is 3.05. The lowest BCUT2D eigenvalue weighted by atomic mass is 10.2. The number of nitrogens with two attached hydrogens (primary N) is 1. The van der Waals surface area contributed by atoms with E-state index in [2.05, 4.69) is 42.8 Å². The van der Waals surface area contributed by atoms with E-state index in [0.717, 1.165) is 26.2 Å². The molecule has 0 heterocycles. The minimum absolute atomic E-state index is 0.294. The summed E-state index contributed by atoms with van der Waals surface area (Å²) in [6.07, 6.45) is 0.602. The summed E-state index contributed by atoms with van der Waals surface area (Å²) in [4.78, 5) is 4.61. The fourth-order valence-corrected chi connectivity index (χ4v) is 1.56. The Bertz CT molecular complexity index is 204. The number of likely N-dealkylation sites (N-methyl/N-ethyl adjacent to an activating group) is 2. The van der Waals surface area contributed by atoms with Gasteiger partial charge < -0.3 is 20.7 Å². The van der Waals surface area contributed by atoms with E-state index in [1.165, 1.54) is 0 Å². The van der Waals surface area contributed by atoms with Gasteiger partial charge in [0.2, 0.25) is 0 Å². The van der Waals surface area contributed by atoms with Crippen molar-refractivity contribution in [1.29, 1.82) is 0 Å². The maximum atomic E-state index is 8.50. The van der Waals surface area contributed by atoms with Crippen LogP contribution < -0.4 is 5.73 Å². The molecule has 5 heteroatoms. The van der Waals surface area contributed by atoms with Crippen LogP contribution in [0.25, 0.3) is 0 Å². The number of nitrogens with zero attached hydrogens (tertiary/aromatic N) is 3. The first-order valence-electron chi connectivity index (χ1n) is 5.94. The number of rotatable bonds is 8. The Morgan fingerprint density at radius 1 is 1.31 bits per heavy atom. The topological polar surface area (TPSA) is 65.1 Å². The van der Waals surface area contributed by atoms with Gasteiger partial charge in [0.1, 0.15) is 5.84 Å². The monoisotopic (exact) mass is 230 g/mol. The minimum Gasteiger partial charge on any atom is -0.409 e. The highest BCUT2D eigenvalue weighted by atomic mass is 16.4. The van der Waals surface area contributed by atoms with Crippen molar-refractivity contribution in [3.63, 3.8) is 0 Å². The van der Waals surface area contributed by atoms with Gasteiger partial charge >= 0.3 is 0 Å². The van der Waals surface area contributed by atoms with Crippen LogP contribution in [0.1, 0.15) is 27.2 Å². The molecule has 0 radical (unpaired) electrons. The molecule has 0 saturated carbocycles. The van der Waals surface area contributed by atoms with Crippen LogP contribution in [0.2, 0.25) is 0 Å². The van der Waals surface area contributed by atoms with Gasteiger partial charge in [0, 0.05) is 25.6 Å². The molecule has 0 amide bonds. The summed E-state index contributed by atoms with van der Waals surface area (Å²) in [6.45, 7) is 10.6. The Kier molecular flexibility index (Phi) is 7.93. The molecule has 5 nitrogen and oxygen atoms in total. The lowest BCUT2D eigenvalue weighted by Gasteiger charge is -2.27. The number of hydrogen-bond acceptors (Lipinski definition) is 4. The molecule has 0 aliphatic rings. The number of amidine groups is 1. The second-order valence-electron chi connectivity index (χ2n) is 4.15. The van der Waals surface area contributed by atoms with Crippen LogP contribution in [-0.4, -0.2) is 60.1 Å². The summed E-state index contributed by atoms with van der Waals surface area (Å²) in [5.41, 5.74) is 5.48. The van der Waals surface area contributed by atoms with Gasteiger partial charge in [-0.3, -0.25) is 0 Å². The Balaban J connectivity index is 3.91. The predicted molar refractivity (Wildman–Crippen MR) is 67.9 cm³/mol. The van der Waals surface area contributed by atoms with Crippen LogP contribution in [0.5, 0.6) is 0 Å². The van der Waals surface area contributed by atoms with Gasteiger partial charge in [0.15, 0.2) is 0 Å². The maximum absolute atomic E-state index is 8.50. The summed E-state index contributed by atoms with van der Waals surface area (Å²) in [5.74, 6) is 0.294. The van der Waals surface area contributed by atoms with Gasteiger partial charge in [-0.05, 0) is 27.1 Å². The first-order valence-corrected chi connectivity index (χ1v) is 5.94. The van der Waals surface area contributed by atoms with Crippen LogP contribution in [0.3, 0.4) is 0 Å². The number of hydrogen-bond donors (Lipinski definition) is 2. The first-order chi connectivity index (χ1) is 7.54. The van der Waals surface area contributed by atoms with Gasteiger partial charge in [-0.2, -0.15) is 0 Å². The van der Waals surface area contributed by atoms with E-state index in [4.69, 9.17) is 10.9 Å². The Labute approximate surface area is 98.9 Å². The average molecular weight is 230 g/mol. The Morgan fingerprint density at radius 2 is 1.88 bits per heavy atom. The van der Waals surface area contributed by atoms with Crippen molar-refractivity contribution in [3.05, 3.63) is 0 Å². The molecule has 0 aromatic heterocycles. The first kappa shape index (κ1) is 15.2.